The van der Waals surface area contributed by atoms with Crippen molar-refractivity contribution in [2.24, 2.45) is 5.73 Å². The zero-order valence-corrected chi connectivity index (χ0v) is 12.0. The normalized spacial score (nSPS) is 10.1. The van der Waals surface area contributed by atoms with Gasteiger partial charge in [-0.15, -0.1) is 0 Å². The summed E-state index contributed by atoms with van der Waals surface area (Å²) < 4.78 is 11.3. The van der Waals surface area contributed by atoms with Crippen LogP contribution in [-0.2, 0) is 0 Å². The number of pyridine rings is 1. The maximum absolute atomic E-state index is 5.74. The summed E-state index contributed by atoms with van der Waals surface area (Å²) in [5, 5.41) is 0. The number of nitrogens with zero attached hydrogens (tertiary/aromatic N) is 1. The van der Waals surface area contributed by atoms with Gasteiger partial charge in [0, 0.05) is 6.20 Å². The number of hydrogen-bond donors (Lipinski definition) is 1. The minimum absolute atomic E-state index is 0.283. The lowest BCUT2D eigenvalue weighted by Crippen LogP contribution is -2.10. The molecule has 0 unspecified atom stereocenters. The van der Waals surface area contributed by atoms with E-state index in [2.05, 4.69) is 11.9 Å². The van der Waals surface area contributed by atoms with Gasteiger partial charge in [0.2, 0.25) is 0 Å². The number of thiocarbonyl (C=S) groups is 1. The molecule has 1 heterocycles. The predicted molar refractivity (Wildman–Crippen MR) is 82.4 cm³/mol. The smallest absolute Gasteiger partial charge is 0.155 e. The fourth-order valence-electron chi connectivity index (χ4n) is 1.62. The van der Waals surface area contributed by atoms with Gasteiger partial charge < -0.3 is 15.2 Å². The van der Waals surface area contributed by atoms with Crippen molar-refractivity contribution in [3.05, 3.63) is 48.3 Å². The van der Waals surface area contributed by atoms with Crippen molar-refractivity contribution in [1.29, 1.82) is 0 Å². The summed E-state index contributed by atoms with van der Waals surface area (Å²) in [5.41, 5.74) is 6.32. The molecule has 0 radical (unpaired) electrons. The Morgan fingerprint density at radius 3 is 2.55 bits per heavy atom. The van der Waals surface area contributed by atoms with Crippen LogP contribution >= 0.6 is 12.2 Å². The fraction of sp³-hybridized carbons (Fsp3) is 0.200. The molecule has 2 N–H and O–H groups in total. The average molecular weight is 288 g/mol. The highest BCUT2D eigenvalue weighted by molar-refractivity contribution is 7.80. The molecule has 2 rings (SSSR count). The fourth-order valence-corrected chi connectivity index (χ4v) is 1.78. The summed E-state index contributed by atoms with van der Waals surface area (Å²) in [7, 11) is 0. The van der Waals surface area contributed by atoms with Gasteiger partial charge in [0.15, 0.2) is 5.75 Å². The van der Waals surface area contributed by atoms with Crippen molar-refractivity contribution in [3.8, 4) is 17.2 Å². The van der Waals surface area contributed by atoms with Crippen LogP contribution in [-0.4, -0.2) is 16.6 Å². The predicted octanol–water partition coefficient (Wildman–Crippen LogP) is 3.30. The van der Waals surface area contributed by atoms with Crippen molar-refractivity contribution in [2.75, 3.05) is 6.61 Å². The molecule has 0 bridgehead atoms. The third kappa shape index (κ3) is 3.68. The first-order valence-corrected chi connectivity index (χ1v) is 6.76. The van der Waals surface area contributed by atoms with Gasteiger partial charge in [0.05, 0.1) is 18.4 Å². The molecule has 0 saturated carbocycles. The van der Waals surface area contributed by atoms with E-state index in [1.165, 1.54) is 0 Å². The van der Waals surface area contributed by atoms with E-state index in [1.54, 1.807) is 18.5 Å². The Balaban J connectivity index is 2.12. The zero-order chi connectivity index (χ0) is 14.4. The van der Waals surface area contributed by atoms with Gasteiger partial charge in [0.25, 0.3) is 0 Å². The Hall–Kier alpha value is -2.14. The van der Waals surface area contributed by atoms with Crippen molar-refractivity contribution in [1.82, 2.24) is 4.98 Å². The first kappa shape index (κ1) is 14.3. The largest absolute Gasteiger partial charge is 0.494 e. The van der Waals surface area contributed by atoms with E-state index in [4.69, 9.17) is 27.4 Å². The Morgan fingerprint density at radius 1 is 1.20 bits per heavy atom. The average Bonchev–Trinajstić information content (AvgIpc) is 2.47. The van der Waals surface area contributed by atoms with E-state index >= 15 is 0 Å². The van der Waals surface area contributed by atoms with Gasteiger partial charge in [-0.2, -0.15) is 0 Å². The maximum Gasteiger partial charge on any atom is 0.155 e. The lowest BCUT2D eigenvalue weighted by atomic mass is 10.2. The van der Waals surface area contributed by atoms with Crippen LogP contribution < -0.4 is 15.2 Å². The first-order chi connectivity index (χ1) is 9.70. The zero-order valence-electron chi connectivity index (χ0n) is 11.2. The van der Waals surface area contributed by atoms with Crippen LogP contribution in [0.2, 0.25) is 0 Å². The number of benzene rings is 1. The summed E-state index contributed by atoms with van der Waals surface area (Å²) >= 11 is 4.98. The molecular formula is C15H16N2O2S. The molecule has 0 saturated heterocycles. The number of rotatable bonds is 6. The van der Waals surface area contributed by atoms with E-state index in [9.17, 15) is 0 Å². The van der Waals surface area contributed by atoms with Crippen LogP contribution in [0.1, 0.15) is 18.9 Å². The van der Waals surface area contributed by atoms with E-state index < -0.39 is 0 Å². The van der Waals surface area contributed by atoms with Crippen LogP contribution in [0.4, 0.5) is 0 Å². The molecule has 104 valence electrons. The summed E-state index contributed by atoms with van der Waals surface area (Å²) in [6.45, 7) is 2.77. The summed E-state index contributed by atoms with van der Waals surface area (Å²) in [6.07, 6.45) is 4.20. The van der Waals surface area contributed by atoms with Crippen LogP contribution in [0, 0.1) is 0 Å². The quantitative estimate of drug-likeness (QED) is 0.826. The molecule has 0 spiro atoms. The van der Waals surface area contributed by atoms with Gasteiger partial charge in [-0.1, -0.05) is 19.1 Å². The summed E-state index contributed by atoms with van der Waals surface area (Å²) in [6, 6.07) is 9.13. The van der Waals surface area contributed by atoms with Gasteiger partial charge in [-0.25, -0.2) is 0 Å². The second kappa shape index (κ2) is 6.86. The van der Waals surface area contributed by atoms with Crippen molar-refractivity contribution in [2.45, 2.75) is 13.3 Å². The van der Waals surface area contributed by atoms with Gasteiger partial charge in [-0.05, 0) is 36.8 Å². The molecule has 2 aromatic rings. The van der Waals surface area contributed by atoms with E-state index in [1.807, 2.05) is 24.3 Å². The lowest BCUT2D eigenvalue weighted by molar-refractivity contribution is 0.317. The maximum atomic E-state index is 5.74. The van der Waals surface area contributed by atoms with Gasteiger partial charge in [0.1, 0.15) is 16.5 Å². The molecule has 5 heteroatoms. The molecule has 1 aromatic heterocycles. The second-order valence-electron chi connectivity index (χ2n) is 4.16. The molecule has 20 heavy (non-hydrogen) atoms. The SMILES string of the molecule is CCCOc1ccc(Oc2cnccc2C(N)=S)cc1. The van der Waals surface area contributed by atoms with Crippen molar-refractivity contribution >= 4 is 17.2 Å². The molecule has 0 aliphatic heterocycles. The Kier molecular flexibility index (Phi) is 4.90. The van der Waals surface area contributed by atoms with Crippen LogP contribution in [0.3, 0.4) is 0 Å². The number of ether oxygens (including phenoxy) is 2. The van der Waals surface area contributed by atoms with E-state index in [0.29, 0.717) is 23.7 Å². The molecule has 1 aromatic carbocycles. The minimum atomic E-state index is 0.283. The Bertz CT molecular complexity index is 585. The van der Waals surface area contributed by atoms with Crippen LogP contribution in [0.5, 0.6) is 17.2 Å². The Morgan fingerprint density at radius 2 is 1.90 bits per heavy atom. The highest BCUT2D eigenvalue weighted by atomic mass is 32.1. The van der Waals surface area contributed by atoms with E-state index in [-0.39, 0.29) is 4.99 Å². The van der Waals surface area contributed by atoms with Gasteiger partial charge >= 0.3 is 0 Å². The molecule has 0 aliphatic rings. The molecule has 4 nitrogen and oxygen atoms in total. The first-order valence-electron chi connectivity index (χ1n) is 6.35. The number of hydrogen-bond acceptors (Lipinski definition) is 4. The summed E-state index contributed by atoms with van der Waals surface area (Å²) in [5.74, 6) is 2.04. The van der Waals surface area contributed by atoms with Crippen LogP contribution in [0.25, 0.3) is 0 Å². The lowest BCUT2D eigenvalue weighted by Gasteiger charge is -2.10. The second-order valence-corrected chi connectivity index (χ2v) is 4.60. The topological polar surface area (TPSA) is 57.4 Å². The number of aromatic nitrogens is 1. The third-order valence-corrected chi connectivity index (χ3v) is 2.79. The molecular weight excluding hydrogens is 272 g/mol. The van der Waals surface area contributed by atoms with Crippen molar-refractivity contribution < 1.29 is 9.47 Å². The highest BCUT2D eigenvalue weighted by Gasteiger charge is 2.07. The minimum Gasteiger partial charge on any atom is -0.494 e. The van der Waals surface area contributed by atoms with E-state index in [0.717, 1.165) is 12.2 Å². The molecule has 0 amide bonds. The molecule has 0 fully saturated rings. The monoisotopic (exact) mass is 288 g/mol. The standard InChI is InChI=1S/C15H16N2O2S/c1-2-9-18-11-3-5-12(6-4-11)19-14-10-17-8-7-13(14)15(16)20/h3-8,10H,2,9H2,1H3,(H2,16,20). The van der Waals surface area contributed by atoms with Crippen molar-refractivity contribution in [3.63, 3.8) is 0 Å². The number of nitrogens with two attached hydrogens (primary N) is 1. The Labute approximate surface area is 123 Å². The van der Waals surface area contributed by atoms with Gasteiger partial charge in [-0.3, -0.25) is 4.98 Å². The molecule has 0 atom stereocenters. The third-order valence-electron chi connectivity index (χ3n) is 2.57. The molecule has 0 aliphatic carbocycles. The van der Waals surface area contributed by atoms with Crippen LogP contribution in [0.15, 0.2) is 42.7 Å². The highest BCUT2D eigenvalue weighted by Crippen LogP contribution is 2.26. The summed E-state index contributed by atoms with van der Waals surface area (Å²) in [4.78, 5) is 4.30.